The van der Waals surface area contributed by atoms with Gasteiger partial charge >= 0.3 is 6.18 Å². The highest BCUT2D eigenvalue weighted by Gasteiger charge is 2.56. The normalized spacial score (nSPS) is 25.5. The third kappa shape index (κ3) is 2.76. The number of hydrogen-bond acceptors (Lipinski definition) is 4. The molecule has 8 heteroatoms. The van der Waals surface area contributed by atoms with Crippen molar-refractivity contribution in [3.05, 3.63) is 29.8 Å². The van der Waals surface area contributed by atoms with Crippen LogP contribution in [0, 0.1) is 11.8 Å². The Morgan fingerprint density at radius 2 is 1.92 bits per heavy atom. The van der Waals surface area contributed by atoms with Crippen LogP contribution in [0.2, 0.25) is 0 Å². The lowest BCUT2D eigenvalue weighted by Crippen LogP contribution is -2.24. The zero-order valence-electron chi connectivity index (χ0n) is 14.8. The molecular formula is C18H22F3N5. The fraction of sp³-hybridized carbons (Fsp3) is 0.556. The molecule has 1 unspecified atom stereocenters. The highest BCUT2D eigenvalue weighted by molar-refractivity contribution is 5.62. The highest BCUT2D eigenvalue weighted by atomic mass is 19.4. The molecule has 4 rings (SSSR count). The van der Waals surface area contributed by atoms with E-state index < -0.39 is 17.6 Å². The largest absolute Gasteiger partial charge is 0.419 e. The minimum atomic E-state index is -4.53. The van der Waals surface area contributed by atoms with E-state index in [0.717, 1.165) is 37.9 Å². The summed E-state index contributed by atoms with van der Waals surface area (Å²) in [4.78, 5) is 10.7. The molecule has 5 nitrogen and oxygen atoms in total. The van der Waals surface area contributed by atoms with Gasteiger partial charge < -0.3 is 15.2 Å². The van der Waals surface area contributed by atoms with E-state index in [-0.39, 0.29) is 0 Å². The zero-order chi connectivity index (χ0) is 18.6. The number of fused-ring (bicyclic) bond motifs is 1. The van der Waals surface area contributed by atoms with Crippen molar-refractivity contribution in [1.82, 2.24) is 19.4 Å². The first-order chi connectivity index (χ1) is 12.3. The number of aryl methyl sites for hydroxylation is 1. The molecule has 2 aromatic heterocycles. The molecule has 140 valence electrons. The van der Waals surface area contributed by atoms with Crippen LogP contribution in [0.4, 0.5) is 19.0 Å². The predicted molar refractivity (Wildman–Crippen MR) is 92.4 cm³/mol. The molecule has 0 spiro atoms. The fourth-order valence-corrected chi connectivity index (χ4v) is 4.19. The van der Waals surface area contributed by atoms with Gasteiger partial charge in [0.1, 0.15) is 11.6 Å². The number of imidazole rings is 1. The first-order valence-electron chi connectivity index (χ1n) is 8.96. The molecule has 26 heavy (non-hydrogen) atoms. The van der Waals surface area contributed by atoms with Crippen LogP contribution < -0.4 is 5.73 Å². The smallest absolute Gasteiger partial charge is 0.383 e. The number of hydrogen-bond donors (Lipinski definition) is 1. The summed E-state index contributed by atoms with van der Waals surface area (Å²) < 4.78 is 41.5. The standard InChI is InChI=1S/C18H22F3N5/c1-3-15-24-14(10-5-13(18(19,20)21)17(22)23-6-10)9-26(15)16-11-7-25(4-2)8-12(11)16/h5-6,9,11-12,16H,3-4,7-8H2,1-2H3,(H2,22,23)/t11-,12+,16?. The van der Waals surface area contributed by atoms with Crippen molar-refractivity contribution in [3.63, 3.8) is 0 Å². The minimum Gasteiger partial charge on any atom is -0.383 e. The topological polar surface area (TPSA) is 60.0 Å². The summed E-state index contributed by atoms with van der Waals surface area (Å²) in [6.07, 6.45) is -0.545. The van der Waals surface area contributed by atoms with Crippen molar-refractivity contribution >= 4 is 5.82 Å². The molecule has 1 saturated carbocycles. The molecule has 3 atom stereocenters. The Morgan fingerprint density at radius 3 is 2.50 bits per heavy atom. The number of likely N-dealkylation sites (tertiary alicyclic amines) is 1. The maximum absolute atomic E-state index is 13.1. The second-order valence-electron chi connectivity index (χ2n) is 7.13. The summed E-state index contributed by atoms with van der Waals surface area (Å²) in [5, 5.41) is 0. The lowest BCUT2D eigenvalue weighted by molar-refractivity contribution is -0.137. The van der Waals surface area contributed by atoms with Gasteiger partial charge in [-0.15, -0.1) is 0 Å². The van der Waals surface area contributed by atoms with Crippen LogP contribution in [0.5, 0.6) is 0 Å². The first kappa shape index (κ1) is 17.3. The molecule has 1 aliphatic heterocycles. The molecule has 2 N–H and O–H groups in total. The summed E-state index contributed by atoms with van der Waals surface area (Å²) in [5.41, 5.74) is 5.36. The third-order valence-electron chi connectivity index (χ3n) is 5.64. The molecular weight excluding hydrogens is 343 g/mol. The number of nitrogens with two attached hydrogens (primary N) is 1. The highest BCUT2D eigenvalue weighted by Crippen LogP contribution is 2.55. The second-order valence-corrected chi connectivity index (χ2v) is 7.13. The maximum Gasteiger partial charge on any atom is 0.419 e. The van der Waals surface area contributed by atoms with Crippen LogP contribution >= 0.6 is 0 Å². The van der Waals surface area contributed by atoms with E-state index in [2.05, 4.69) is 26.4 Å². The summed E-state index contributed by atoms with van der Waals surface area (Å²) in [6.45, 7) is 7.42. The van der Waals surface area contributed by atoms with Crippen LogP contribution in [0.25, 0.3) is 11.3 Å². The first-order valence-corrected chi connectivity index (χ1v) is 8.96. The Hall–Kier alpha value is -2.09. The van der Waals surface area contributed by atoms with Crippen LogP contribution in [0.3, 0.4) is 0 Å². The molecule has 0 radical (unpaired) electrons. The van der Waals surface area contributed by atoms with Gasteiger partial charge in [-0.25, -0.2) is 9.97 Å². The van der Waals surface area contributed by atoms with Crippen LogP contribution in [0.1, 0.15) is 31.3 Å². The number of alkyl halides is 3. The number of aromatic nitrogens is 3. The number of rotatable bonds is 4. The molecule has 2 fully saturated rings. The molecule has 2 aromatic rings. The molecule has 3 heterocycles. The van der Waals surface area contributed by atoms with E-state index in [1.807, 2.05) is 13.1 Å². The monoisotopic (exact) mass is 365 g/mol. The van der Waals surface area contributed by atoms with Gasteiger partial charge in [0.2, 0.25) is 0 Å². The van der Waals surface area contributed by atoms with Gasteiger partial charge in [0.15, 0.2) is 0 Å². The Balaban J connectivity index is 1.65. The van der Waals surface area contributed by atoms with Crippen LogP contribution in [0.15, 0.2) is 18.5 Å². The Labute approximate surface area is 150 Å². The summed E-state index contributed by atoms with van der Waals surface area (Å²) in [5.74, 6) is 1.65. The average molecular weight is 365 g/mol. The molecule has 0 amide bonds. The number of pyridine rings is 1. The van der Waals surface area contributed by atoms with Crippen molar-refractivity contribution in [1.29, 1.82) is 0 Å². The Kier molecular flexibility index (Phi) is 3.98. The van der Waals surface area contributed by atoms with Gasteiger partial charge in [-0.1, -0.05) is 13.8 Å². The lowest BCUT2D eigenvalue weighted by Gasteiger charge is -2.18. The molecule has 2 aliphatic rings. The Morgan fingerprint density at radius 1 is 1.23 bits per heavy atom. The zero-order valence-corrected chi connectivity index (χ0v) is 14.8. The fourth-order valence-electron chi connectivity index (χ4n) is 4.19. The van der Waals surface area contributed by atoms with Crippen molar-refractivity contribution in [2.75, 3.05) is 25.4 Å². The van der Waals surface area contributed by atoms with E-state index in [4.69, 9.17) is 5.73 Å². The van der Waals surface area contributed by atoms with Crippen molar-refractivity contribution in [2.45, 2.75) is 32.5 Å². The third-order valence-corrected chi connectivity index (χ3v) is 5.64. The summed E-state index contributed by atoms with van der Waals surface area (Å²) in [6, 6.07) is 1.46. The summed E-state index contributed by atoms with van der Waals surface area (Å²) >= 11 is 0. The number of anilines is 1. The molecule has 1 saturated heterocycles. The quantitative estimate of drug-likeness (QED) is 0.904. The predicted octanol–water partition coefficient (Wildman–Crippen LogP) is 3.23. The SMILES string of the molecule is CCc1nc(-c2cnc(N)c(C(F)(F)F)c2)cn1C1[C@H]2CN(CC)C[C@@H]12. The van der Waals surface area contributed by atoms with Gasteiger partial charge in [0.05, 0.1) is 11.3 Å². The molecule has 0 bridgehead atoms. The Bertz CT molecular complexity index is 817. The minimum absolute atomic E-state index is 0.348. The molecule has 1 aliphatic carbocycles. The van der Waals surface area contributed by atoms with Crippen LogP contribution in [-0.4, -0.2) is 39.1 Å². The van der Waals surface area contributed by atoms with Crippen LogP contribution in [-0.2, 0) is 12.6 Å². The second kappa shape index (κ2) is 5.97. The van der Waals surface area contributed by atoms with Crippen molar-refractivity contribution in [3.8, 4) is 11.3 Å². The lowest BCUT2D eigenvalue weighted by atomic mass is 10.1. The van der Waals surface area contributed by atoms with Gasteiger partial charge in [-0.05, 0) is 24.4 Å². The number of nitrogen functional groups attached to an aromatic ring is 1. The van der Waals surface area contributed by atoms with Gasteiger partial charge in [-0.2, -0.15) is 13.2 Å². The average Bonchev–Trinajstić information content (AvgIpc) is 2.98. The van der Waals surface area contributed by atoms with E-state index in [1.54, 1.807) is 0 Å². The van der Waals surface area contributed by atoms with Gasteiger partial charge in [0, 0.05) is 43.5 Å². The van der Waals surface area contributed by atoms with E-state index in [0.29, 0.717) is 29.1 Å². The summed E-state index contributed by atoms with van der Waals surface area (Å²) in [7, 11) is 0. The number of piperidine rings is 1. The van der Waals surface area contributed by atoms with Gasteiger partial charge in [0.25, 0.3) is 0 Å². The maximum atomic E-state index is 13.1. The van der Waals surface area contributed by atoms with Crippen molar-refractivity contribution < 1.29 is 13.2 Å². The van der Waals surface area contributed by atoms with Crippen molar-refractivity contribution in [2.24, 2.45) is 11.8 Å². The van der Waals surface area contributed by atoms with E-state index in [9.17, 15) is 13.2 Å². The number of nitrogens with zero attached hydrogens (tertiary/aromatic N) is 4. The van der Waals surface area contributed by atoms with E-state index >= 15 is 0 Å². The molecule has 0 aromatic carbocycles. The van der Waals surface area contributed by atoms with E-state index in [1.165, 1.54) is 6.20 Å². The number of halogens is 3. The van der Waals surface area contributed by atoms with Gasteiger partial charge in [-0.3, -0.25) is 0 Å².